The Morgan fingerprint density at radius 3 is 2.23 bits per heavy atom. The summed E-state index contributed by atoms with van der Waals surface area (Å²) in [6.45, 7) is -0.273. The van der Waals surface area contributed by atoms with Crippen LogP contribution in [0.4, 0.5) is 0 Å². The van der Waals surface area contributed by atoms with Gasteiger partial charge in [-0.25, -0.2) is 8.37 Å². The topological polar surface area (TPSA) is 152 Å². The summed E-state index contributed by atoms with van der Waals surface area (Å²) in [5.41, 5.74) is 0. The van der Waals surface area contributed by atoms with Crippen molar-refractivity contribution in [3.63, 3.8) is 0 Å². The Hall–Kier alpha value is -0.370. The maximum atomic E-state index is 11.7. The molecule has 1 rings (SSSR count). The zero-order chi connectivity index (χ0) is 16.9. The number of aliphatic hydroxyl groups is 4. The summed E-state index contributed by atoms with van der Waals surface area (Å²) in [5.74, 6) is 0. The molecule has 0 aliphatic heterocycles. The standard InChI is InChI=1S/C11H22O10S/c1-18-4-6(19-2)5-20-22(16,17)21-8-3-7(12)9(13)11(15)10(8)14/h6-15H,3-5H2,1-2H3. The molecule has 4 N–H and O–H groups in total. The highest BCUT2D eigenvalue weighted by Gasteiger charge is 2.44. The number of hydrogen-bond acceptors (Lipinski definition) is 10. The van der Waals surface area contributed by atoms with E-state index in [0.717, 1.165) is 0 Å². The predicted octanol–water partition coefficient (Wildman–Crippen LogP) is -2.86. The van der Waals surface area contributed by atoms with E-state index < -0.39 is 47.0 Å². The van der Waals surface area contributed by atoms with Gasteiger partial charge in [0.2, 0.25) is 0 Å². The molecule has 0 aromatic heterocycles. The Balaban J connectivity index is 2.60. The zero-order valence-electron chi connectivity index (χ0n) is 12.2. The van der Waals surface area contributed by atoms with Gasteiger partial charge in [0.05, 0.1) is 19.3 Å². The first-order valence-corrected chi connectivity index (χ1v) is 7.86. The molecule has 0 radical (unpaired) electrons. The van der Waals surface area contributed by atoms with E-state index >= 15 is 0 Å². The number of methoxy groups -OCH3 is 2. The first kappa shape index (κ1) is 19.7. The number of hydrogen-bond donors (Lipinski definition) is 4. The highest BCUT2D eigenvalue weighted by molar-refractivity contribution is 7.81. The van der Waals surface area contributed by atoms with Gasteiger partial charge in [0, 0.05) is 20.6 Å². The van der Waals surface area contributed by atoms with Crippen molar-refractivity contribution in [2.24, 2.45) is 0 Å². The molecule has 0 aromatic carbocycles. The van der Waals surface area contributed by atoms with Gasteiger partial charge in [-0.2, -0.15) is 8.42 Å². The summed E-state index contributed by atoms with van der Waals surface area (Å²) in [5, 5.41) is 38.0. The molecule has 0 heterocycles. The minimum atomic E-state index is -4.50. The summed E-state index contributed by atoms with van der Waals surface area (Å²) in [6.07, 6.45) is -8.90. The van der Waals surface area contributed by atoms with E-state index in [1.807, 2.05) is 0 Å². The lowest BCUT2D eigenvalue weighted by atomic mass is 9.87. The van der Waals surface area contributed by atoms with E-state index in [1.54, 1.807) is 0 Å². The average molecular weight is 346 g/mol. The van der Waals surface area contributed by atoms with Crippen LogP contribution in [0, 0.1) is 0 Å². The number of aliphatic hydroxyl groups excluding tert-OH is 4. The molecule has 1 aliphatic rings. The SMILES string of the molecule is COCC(COS(=O)(=O)OC1CC(O)C(O)C(O)C1O)OC. The van der Waals surface area contributed by atoms with Gasteiger partial charge in [0.25, 0.3) is 0 Å². The van der Waals surface area contributed by atoms with Crippen LogP contribution in [0.1, 0.15) is 6.42 Å². The van der Waals surface area contributed by atoms with Crippen LogP contribution in [0.3, 0.4) is 0 Å². The summed E-state index contributed by atoms with van der Waals surface area (Å²) in [6, 6.07) is 0. The van der Waals surface area contributed by atoms with Crippen molar-refractivity contribution in [3.8, 4) is 0 Å². The molecule has 11 heteroatoms. The number of rotatable bonds is 8. The number of ether oxygens (including phenoxy) is 2. The second kappa shape index (κ2) is 8.47. The van der Waals surface area contributed by atoms with Crippen LogP contribution in [0.2, 0.25) is 0 Å². The first-order chi connectivity index (χ1) is 10.2. The maximum absolute atomic E-state index is 11.7. The van der Waals surface area contributed by atoms with Crippen LogP contribution < -0.4 is 0 Å². The van der Waals surface area contributed by atoms with Crippen LogP contribution >= 0.6 is 0 Å². The first-order valence-electron chi connectivity index (χ1n) is 6.53. The lowest BCUT2D eigenvalue weighted by Crippen LogP contribution is -2.56. The van der Waals surface area contributed by atoms with E-state index in [4.69, 9.17) is 9.47 Å². The quantitative estimate of drug-likeness (QED) is 0.361. The van der Waals surface area contributed by atoms with Crippen molar-refractivity contribution in [2.45, 2.75) is 43.0 Å². The molecule has 6 unspecified atom stereocenters. The molecule has 1 aliphatic carbocycles. The summed E-state index contributed by atoms with van der Waals surface area (Å²) in [4.78, 5) is 0. The van der Waals surface area contributed by atoms with Gasteiger partial charge in [-0.15, -0.1) is 0 Å². The van der Waals surface area contributed by atoms with Crippen molar-refractivity contribution in [1.82, 2.24) is 0 Å². The fourth-order valence-electron chi connectivity index (χ4n) is 1.97. The Labute approximate surface area is 128 Å². The molecule has 10 nitrogen and oxygen atoms in total. The fourth-order valence-corrected chi connectivity index (χ4v) is 2.84. The molecule has 1 saturated carbocycles. The minimum Gasteiger partial charge on any atom is -0.390 e. The third-order valence-corrected chi connectivity index (χ3v) is 4.18. The van der Waals surface area contributed by atoms with Crippen LogP contribution in [-0.2, 0) is 28.2 Å². The molecular formula is C11H22O10S. The average Bonchev–Trinajstić information content (AvgIpc) is 2.46. The van der Waals surface area contributed by atoms with Crippen molar-refractivity contribution < 1.29 is 46.7 Å². The Bertz CT molecular complexity index is 427. The lowest BCUT2D eigenvalue weighted by Gasteiger charge is -2.37. The minimum absolute atomic E-state index is 0.0989. The second-order valence-electron chi connectivity index (χ2n) is 4.92. The highest BCUT2D eigenvalue weighted by atomic mass is 32.3. The van der Waals surface area contributed by atoms with E-state index in [2.05, 4.69) is 8.37 Å². The summed E-state index contributed by atoms with van der Waals surface area (Å²) < 4.78 is 42.3. The van der Waals surface area contributed by atoms with Gasteiger partial charge in [-0.3, -0.25) is 0 Å². The van der Waals surface area contributed by atoms with E-state index in [1.165, 1.54) is 14.2 Å². The van der Waals surface area contributed by atoms with Gasteiger partial charge >= 0.3 is 10.4 Å². The maximum Gasteiger partial charge on any atom is 0.400 e. The molecule has 0 spiro atoms. The summed E-state index contributed by atoms with van der Waals surface area (Å²) in [7, 11) is -1.75. The second-order valence-corrected chi connectivity index (χ2v) is 6.16. The van der Waals surface area contributed by atoms with Crippen LogP contribution in [0.15, 0.2) is 0 Å². The van der Waals surface area contributed by atoms with E-state index in [9.17, 15) is 28.8 Å². The van der Waals surface area contributed by atoms with E-state index in [-0.39, 0.29) is 19.6 Å². The van der Waals surface area contributed by atoms with Crippen molar-refractivity contribution in [2.75, 3.05) is 27.4 Å². The molecule has 1 fully saturated rings. The van der Waals surface area contributed by atoms with Crippen molar-refractivity contribution in [3.05, 3.63) is 0 Å². The smallest absolute Gasteiger partial charge is 0.390 e. The Kier molecular flexibility index (Phi) is 7.58. The molecule has 6 atom stereocenters. The fraction of sp³-hybridized carbons (Fsp3) is 1.00. The molecule has 0 bridgehead atoms. The molecule has 0 saturated heterocycles. The highest BCUT2D eigenvalue weighted by Crippen LogP contribution is 2.24. The van der Waals surface area contributed by atoms with Gasteiger partial charge < -0.3 is 29.9 Å². The molecular weight excluding hydrogens is 324 g/mol. The molecule has 22 heavy (non-hydrogen) atoms. The monoisotopic (exact) mass is 346 g/mol. The van der Waals surface area contributed by atoms with Gasteiger partial charge in [-0.1, -0.05) is 0 Å². The van der Waals surface area contributed by atoms with Crippen molar-refractivity contribution in [1.29, 1.82) is 0 Å². The molecule has 0 amide bonds. The third kappa shape index (κ3) is 5.37. The third-order valence-electron chi connectivity index (χ3n) is 3.27. The zero-order valence-corrected chi connectivity index (χ0v) is 13.0. The molecule has 0 aromatic rings. The van der Waals surface area contributed by atoms with Gasteiger partial charge in [-0.05, 0) is 0 Å². The predicted molar refractivity (Wildman–Crippen MR) is 71.1 cm³/mol. The largest absolute Gasteiger partial charge is 0.400 e. The van der Waals surface area contributed by atoms with E-state index in [0.29, 0.717) is 0 Å². The molecule has 132 valence electrons. The summed E-state index contributed by atoms with van der Waals surface area (Å²) >= 11 is 0. The van der Waals surface area contributed by atoms with Gasteiger partial charge in [0.1, 0.15) is 30.5 Å². The van der Waals surface area contributed by atoms with Crippen LogP contribution in [0.5, 0.6) is 0 Å². The van der Waals surface area contributed by atoms with Crippen LogP contribution in [-0.4, -0.2) is 92.9 Å². The lowest BCUT2D eigenvalue weighted by molar-refractivity contribution is -0.171. The Morgan fingerprint density at radius 1 is 1.05 bits per heavy atom. The Morgan fingerprint density at radius 2 is 1.68 bits per heavy atom. The van der Waals surface area contributed by atoms with Gasteiger partial charge in [0.15, 0.2) is 0 Å². The normalized spacial score (nSPS) is 34.5. The van der Waals surface area contributed by atoms with Crippen LogP contribution in [0.25, 0.3) is 0 Å². The van der Waals surface area contributed by atoms with Crippen molar-refractivity contribution >= 4 is 10.4 Å².